The molecule has 0 unspecified atom stereocenters. The molecule has 0 N–H and O–H groups in total. The van der Waals surface area contributed by atoms with Gasteiger partial charge >= 0.3 is 21.8 Å². The van der Waals surface area contributed by atoms with Gasteiger partial charge in [-0.3, -0.25) is 0 Å². The van der Waals surface area contributed by atoms with E-state index >= 15 is 0 Å². The van der Waals surface area contributed by atoms with Gasteiger partial charge in [0.2, 0.25) is 0 Å². The van der Waals surface area contributed by atoms with Crippen LogP contribution in [0.5, 0.6) is 0 Å². The first-order valence-corrected chi connectivity index (χ1v) is 1.50. The maximum atomic E-state index is 8.38. The van der Waals surface area contributed by atoms with Gasteiger partial charge in [0.15, 0.2) is 0 Å². The molecule has 0 rings (SSSR count). The van der Waals surface area contributed by atoms with E-state index in [0.29, 0.717) is 0 Å². The summed E-state index contributed by atoms with van der Waals surface area (Å²) < 4.78 is 8.38. The zero-order valence-corrected chi connectivity index (χ0v) is 8.09. The van der Waals surface area contributed by atoms with Crippen molar-refractivity contribution in [3.05, 3.63) is 0 Å². The Kier molecular flexibility index (Phi) is 216. The van der Waals surface area contributed by atoms with E-state index in [1.54, 1.807) is 0 Å². The third-order valence-electron chi connectivity index (χ3n) is 0. The summed E-state index contributed by atoms with van der Waals surface area (Å²) in [6.45, 7) is 0. The van der Waals surface area contributed by atoms with Crippen LogP contribution in [0.1, 0.15) is 0 Å². The molecule has 0 bridgehead atoms. The van der Waals surface area contributed by atoms with Crippen LogP contribution in [0.25, 0.3) is 0 Å². The zero-order chi connectivity index (χ0) is 2.00. The van der Waals surface area contributed by atoms with Gasteiger partial charge in [-0.05, 0) is 0 Å². The molecular weight excluding hydrogens is 259 g/mol. The second-order valence-corrected chi connectivity index (χ2v) is 0. The van der Waals surface area contributed by atoms with Crippen molar-refractivity contribution in [3.63, 3.8) is 0 Å². The Hall–Kier alpha value is 1.96. The normalized spacial score (nSPS) is 1.20. The van der Waals surface area contributed by atoms with Crippen molar-refractivity contribution in [3.8, 4) is 0 Å². The van der Waals surface area contributed by atoms with Crippen molar-refractivity contribution in [1.82, 2.24) is 0 Å². The third-order valence-corrected chi connectivity index (χ3v) is 0. The predicted molar refractivity (Wildman–Crippen MR) is 0.686 cm³/mol. The molecule has 0 amide bonds. The molecule has 0 aromatic carbocycles. The van der Waals surface area contributed by atoms with Crippen LogP contribution in [0.4, 0.5) is 0 Å². The van der Waals surface area contributed by atoms with Crippen LogP contribution in [-0.4, -0.2) is 0 Å². The number of hydrogen-bond acceptors (Lipinski definition) is 1. The van der Waals surface area contributed by atoms with E-state index in [4.69, 9.17) is 3.57 Å². The van der Waals surface area contributed by atoms with Crippen molar-refractivity contribution in [2.45, 2.75) is 0 Å². The predicted octanol–water partition coefficient (Wildman–Crippen LogP) is -0.129. The Labute approximate surface area is 71.8 Å². The van der Waals surface area contributed by atoms with Crippen LogP contribution in [-0.2, 0) is 72.5 Å². The van der Waals surface area contributed by atoms with E-state index in [0.717, 1.165) is 0 Å². The van der Waals surface area contributed by atoms with Crippen molar-refractivity contribution in [2.24, 2.45) is 0 Å². The molecule has 0 aliphatic heterocycles. The summed E-state index contributed by atoms with van der Waals surface area (Å²) in [7, 11) is 0. The molecule has 0 aliphatic carbocycles. The first-order chi connectivity index (χ1) is 1.00. The molecule has 0 aromatic heterocycles. The fourth-order valence-electron chi connectivity index (χ4n) is 0. The Morgan fingerprint density at radius 1 is 1.20 bits per heavy atom. The van der Waals surface area contributed by atoms with Gasteiger partial charge < -0.3 is 0 Å². The van der Waals surface area contributed by atoms with Crippen LogP contribution in [0.3, 0.4) is 0 Å². The fourth-order valence-corrected chi connectivity index (χ4v) is 0. The molecule has 37 valence electrons. The maximum absolute atomic E-state index is 8.38. The molecule has 0 spiro atoms. The average Bonchev–Trinajstić information content (AvgIpc) is 1.00. The van der Waals surface area contributed by atoms with Gasteiger partial charge in [-0.2, -0.15) is 0 Å². The van der Waals surface area contributed by atoms with E-state index in [1.165, 1.54) is 0 Å². The van der Waals surface area contributed by atoms with Crippen molar-refractivity contribution in [1.29, 1.82) is 0 Å². The summed E-state index contributed by atoms with van der Waals surface area (Å²) in [6.07, 6.45) is 0. The average molecular weight is 259 g/mol. The second kappa shape index (κ2) is 38.2. The van der Waals surface area contributed by atoms with E-state index in [9.17, 15) is 0 Å². The van der Waals surface area contributed by atoms with Gasteiger partial charge in [0, 0.05) is 50.6 Å². The fraction of sp³-hybridized carbons (Fsp3) is 0. The molecule has 0 saturated heterocycles. The van der Waals surface area contributed by atoms with Crippen LogP contribution in [0.15, 0.2) is 0 Å². The molecule has 5 heavy (non-hydrogen) atoms. The summed E-state index contributed by atoms with van der Waals surface area (Å²) >= 11 is 0.125. The van der Waals surface area contributed by atoms with Crippen LogP contribution in [0.2, 0.25) is 0 Å². The molecule has 0 aromatic rings. The Bertz CT molecular complexity index is 11.6. The van der Waals surface area contributed by atoms with Crippen molar-refractivity contribution >= 4 is 0 Å². The quantitative estimate of drug-likeness (QED) is 0.554. The van der Waals surface area contributed by atoms with Gasteiger partial charge in [-0.25, -0.2) is 0 Å². The molecule has 5 heteroatoms. The molecule has 0 atom stereocenters. The Morgan fingerprint density at radius 2 is 1.20 bits per heavy atom. The zero-order valence-electron chi connectivity index (χ0n) is 2.09. The summed E-state index contributed by atoms with van der Waals surface area (Å²) in [5.41, 5.74) is 0. The van der Waals surface area contributed by atoms with Crippen LogP contribution < -0.4 is 0 Å². The first kappa shape index (κ1) is 28.2. The SMILES string of the molecule is [Cu].[Fe].[Ni].[O]=[Zn]. The Balaban J connectivity index is -0.00000000167. The van der Waals surface area contributed by atoms with E-state index < -0.39 is 0 Å². The van der Waals surface area contributed by atoms with Crippen molar-refractivity contribution < 1.29 is 72.5 Å². The van der Waals surface area contributed by atoms with E-state index in [2.05, 4.69) is 0 Å². The number of rotatable bonds is 0. The number of hydrogen-bond donors (Lipinski definition) is 0. The van der Waals surface area contributed by atoms with Gasteiger partial charge in [0.25, 0.3) is 0 Å². The van der Waals surface area contributed by atoms with Gasteiger partial charge in [0.05, 0.1) is 0 Å². The summed E-state index contributed by atoms with van der Waals surface area (Å²) in [6, 6.07) is 0. The third kappa shape index (κ3) is 24.4. The van der Waals surface area contributed by atoms with Gasteiger partial charge in [-0.1, -0.05) is 0 Å². The van der Waals surface area contributed by atoms with E-state index in [-0.39, 0.29) is 68.9 Å². The standard InChI is InChI=1S/Cu.Fe.Ni.O.Zn. The minimum atomic E-state index is 0. The van der Waals surface area contributed by atoms with Gasteiger partial charge in [-0.15, -0.1) is 0 Å². The summed E-state index contributed by atoms with van der Waals surface area (Å²) in [5.74, 6) is 0. The second-order valence-electron chi connectivity index (χ2n) is 0. The molecule has 0 aliphatic rings. The Morgan fingerprint density at radius 3 is 1.20 bits per heavy atom. The van der Waals surface area contributed by atoms with E-state index in [1.807, 2.05) is 0 Å². The first-order valence-electron chi connectivity index (χ1n) is 0.289. The molecular formula is CuFeNiOZn. The van der Waals surface area contributed by atoms with Gasteiger partial charge in [0.1, 0.15) is 0 Å². The monoisotopic (exact) mass is 257 g/mol. The van der Waals surface area contributed by atoms with Crippen molar-refractivity contribution in [2.75, 3.05) is 0 Å². The van der Waals surface area contributed by atoms with Crippen LogP contribution >= 0.6 is 0 Å². The molecule has 1 nitrogen and oxygen atoms in total. The minimum absolute atomic E-state index is 0. The van der Waals surface area contributed by atoms with Crippen LogP contribution in [0, 0.1) is 0 Å². The molecule has 0 heterocycles. The summed E-state index contributed by atoms with van der Waals surface area (Å²) in [5, 5.41) is 0. The topological polar surface area (TPSA) is 17.1 Å². The molecule has 0 fully saturated rings. The molecule has 1 radical (unpaired) electrons. The summed E-state index contributed by atoms with van der Waals surface area (Å²) in [4.78, 5) is 0. The molecule has 0 saturated carbocycles.